The standard InChI is InChI=1S/C9H17N3O/c10-9(13)7-5-11-4-6-2-1-3-8(7)12-6/h6-8,11-12H,1-5H2,(H2,10,13). The second-order valence-corrected chi connectivity index (χ2v) is 4.07. The average molecular weight is 183 g/mol. The van der Waals surface area contributed by atoms with E-state index in [4.69, 9.17) is 5.73 Å². The molecule has 3 atom stereocenters. The molecule has 0 aromatic heterocycles. The van der Waals surface area contributed by atoms with E-state index >= 15 is 0 Å². The van der Waals surface area contributed by atoms with Crippen LogP contribution in [0.2, 0.25) is 0 Å². The van der Waals surface area contributed by atoms with Crippen LogP contribution in [0.15, 0.2) is 0 Å². The highest BCUT2D eigenvalue weighted by Crippen LogP contribution is 2.20. The Hall–Kier alpha value is -0.610. The molecule has 3 unspecified atom stereocenters. The van der Waals surface area contributed by atoms with Gasteiger partial charge in [0.2, 0.25) is 5.91 Å². The molecule has 2 aliphatic rings. The van der Waals surface area contributed by atoms with Gasteiger partial charge in [0, 0.05) is 25.2 Å². The van der Waals surface area contributed by atoms with Gasteiger partial charge in [0.1, 0.15) is 0 Å². The Morgan fingerprint density at radius 2 is 2.15 bits per heavy atom. The Morgan fingerprint density at radius 1 is 1.31 bits per heavy atom. The van der Waals surface area contributed by atoms with Gasteiger partial charge in [-0.15, -0.1) is 0 Å². The van der Waals surface area contributed by atoms with Crippen molar-refractivity contribution >= 4 is 5.91 Å². The van der Waals surface area contributed by atoms with Crippen LogP contribution in [-0.2, 0) is 4.79 Å². The van der Waals surface area contributed by atoms with Crippen molar-refractivity contribution in [2.75, 3.05) is 13.1 Å². The number of fused-ring (bicyclic) bond motifs is 2. The predicted molar refractivity (Wildman–Crippen MR) is 50.1 cm³/mol. The average Bonchev–Trinajstić information content (AvgIpc) is 2.25. The van der Waals surface area contributed by atoms with E-state index in [0.717, 1.165) is 19.5 Å². The highest BCUT2D eigenvalue weighted by Gasteiger charge is 2.33. The van der Waals surface area contributed by atoms with E-state index in [1.807, 2.05) is 0 Å². The molecular weight excluding hydrogens is 166 g/mol. The molecule has 0 aromatic rings. The van der Waals surface area contributed by atoms with Crippen LogP contribution in [0.3, 0.4) is 0 Å². The van der Waals surface area contributed by atoms with Crippen LogP contribution in [0, 0.1) is 5.92 Å². The minimum absolute atomic E-state index is 0.0229. The number of carbonyl (C=O) groups is 1. The van der Waals surface area contributed by atoms with Crippen LogP contribution in [0.1, 0.15) is 19.3 Å². The summed E-state index contributed by atoms with van der Waals surface area (Å²) in [7, 11) is 0. The van der Waals surface area contributed by atoms with Gasteiger partial charge in [0.05, 0.1) is 5.92 Å². The molecule has 2 fully saturated rings. The van der Waals surface area contributed by atoms with Crippen molar-refractivity contribution in [3.05, 3.63) is 0 Å². The molecule has 13 heavy (non-hydrogen) atoms. The first-order valence-electron chi connectivity index (χ1n) is 5.03. The minimum atomic E-state index is -0.174. The molecule has 74 valence electrons. The fourth-order valence-corrected chi connectivity index (χ4v) is 2.39. The van der Waals surface area contributed by atoms with E-state index in [-0.39, 0.29) is 11.8 Å². The van der Waals surface area contributed by atoms with Crippen molar-refractivity contribution in [2.24, 2.45) is 11.7 Å². The van der Waals surface area contributed by atoms with Crippen LogP contribution in [-0.4, -0.2) is 31.1 Å². The van der Waals surface area contributed by atoms with Gasteiger partial charge in [-0.1, -0.05) is 6.42 Å². The molecule has 2 bridgehead atoms. The second-order valence-electron chi connectivity index (χ2n) is 4.07. The first-order valence-corrected chi connectivity index (χ1v) is 5.03. The topological polar surface area (TPSA) is 67.2 Å². The molecule has 2 saturated heterocycles. The molecule has 4 heteroatoms. The third-order valence-corrected chi connectivity index (χ3v) is 3.12. The quantitative estimate of drug-likeness (QED) is 0.498. The Kier molecular flexibility index (Phi) is 2.51. The zero-order chi connectivity index (χ0) is 9.26. The van der Waals surface area contributed by atoms with Crippen molar-refractivity contribution in [1.29, 1.82) is 0 Å². The van der Waals surface area contributed by atoms with Crippen LogP contribution < -0.4 is 16.4 Å². The third-order valence-electron chi connectivity index (χ3n) is 3.12. The van der Waals surface area contributed by atoms with Crippen molar-refractivity contribution < 1.29 is 4.79 Å². The molecule has 2 aliphatic heterocycles. The zero-order valence-electron chi connectivity index (χ0n) is 7.75. The Labute approximate surface area is 78.2 Å². The summed E-state index contributed by atoms with van der Waals surface area (Å²) in [4.78, 5) is 11.1. The predicted octanol–water partition coefficient (Wildman–Crippen LogP) is -0.798. The lowest BCUT2D eigenvalue weighted by Crippen LogP contribution is -2.49. The summed E-state index contributed by atoms with van der Waals surface area (Å²) in [5.41, 5.74) is 5.35. The fourth-order valence-electron chi connectivity index (χ4n) is 2.39. The minimum Gasteiger partial charge on any atom is -0.369 e. The van der Waals surface area contributed by atoms with Gasteiger partial charge in [-0.05, 0) is 12.8 Å². The monoisotopic (exact) mass is 183 g/mol. The lowest BCUT2D eigenvalue weighted by molar-refractivity contribution is -0.122. The number of nitrogens with two attached hydrogens (primary N) is 1. The summed E-state index contributed by atoms with van der Waals surface area (Å²) in [6, 6.07) is 0.856. The van der Waals surface area contributed by atoms with E-state index < -0.39 is 0 Å². The SMILES string of the molecule is NC(=O)C1CNCC2CCCC1N2. The Balaban J connectivity index is 2.07. The maximum atomic E-state index is 11.1. The third kappa shape index (κ3) is 1.84. The Bertz CT molecular complexity index is 207. The number of amides is 1. The van der Waals surface area contributed by atoms with Crippen LogP contribution in [0.5, 0.6) is 0 Å². The molecule has 4 nitrogen and oxygen atoms in total. The van der Waals surface area contributed by atoms with E-state index in [0.29, 0.717) is 12.1 Å². The van der Waals surface area contributed by atoms with Gasteiger partial charge in [0.15, 0.2) is 0 Å². The molecule has 0 aromatic carbocycles. The molecule has 2 heterocycles. The number of piperidine rings is 1. The van der Waals surface area contributed by atoms with Crippen LogP contribution in [0.25, 0.3) is 0 Å². The highest BCUT2D eigenvalue weighted by molar-refractivity contribution is 5.77. The van der Waals surface area contributed by atoms with Gasteiger partial charge in [-0.3, -0.25) is 4.79 Å². The molecule has 2 rings (SSSR count). The maximum absolute atomic E-state index is 11.1. The van der Waals surface area contributed by atoms with Gasteiger partial charge in [0.25, 0.3) is 0 Å². The lowest BCUT2D eigenvalue weighted by atomic mass is 9.90. The van der Waals surface area contributed by atoms with E-state index in [1.165, 1.54) is 12.8 Å². The number of carbonyl (C=O) groups excluding carboxylic acids is 1. The highest BCUT2D eigenvalue weighted by atomic mass is 16.1. The first kappa shape index (κ1) is 8.97. The lowest BCUT2D eigenvalue weighted by Gasteiger charge is -2.30. The molecule has 0 spiro atoms. The summed E-state index contributed by atoms with van der Waals surface area (Å²) < 4.78 is 0. The van der Waals surface area contributed by atoms with Gasteiger partial charge in [-0.25, -0.2) is 0 Å². The number of nitrogens with one attached hydrogen (secondary N) is 2. The van der Waals surface area contributed by atoms with Crippen molar-refractivity contribution in [3.63, 3.8) is 0 Å². The summed E-state index contributed by atoms with van der Waals surface area (Å²) in [6.07, 6.45) is 3.52. The summed E-state index contributed by atoms with van der Waals surface area (Å²) in [5, 5.41) is 6.77. The fraction of sp³-hybridized carbons (Fsp3) is 0.889. The van der Waals surface area contributed by atoms with Crippen molar-refractivity contribution in [2.45, 2.75) is 31.3 Å². The smallest absolute Gasteiger partial charge is 0.223 e. The van der Waals surface area contributed by atoms with E-state index in [1.54, 1.807) is 0 Å². The number of hydrogen-bond acceptors (Lipinski definition) is 3. The van der Waals surface area contributed by atoms with E-state index in [9.17, 15) is 4.79 Å². The Morgan fingerprint density at radius 3 is 2.92 bits per heavy atom. The molecule has 0 saturated carbocycles. The molecule has 4 N–H and O–H groups in total. The van der Waals surface area contributed by atoms with Crippen LogP contribution >= 0.6 is 0 Å². The molecule has 0 aliphatic carbocycles. The normalized spacial score (nSPS) is 39.5. The number of rotatable bonds is 1. The van der Waals surface area contributed by atoms with Gasteiger partial charge in [-0.2, -0.15) is 0 Å². The van der Waals surface area contributed by atoms with Crippen molar-refractivity contribution in [1.82, 2.24) is 10.6 Å². The van der Waals surface area contributed by atoms with E-state index in [2.05, 4.69) is 10.6 Å². The molecule has 1 amide bonds. The first-order chi connectivity index (χ1) is 6.27. The van der Waals surface area contributed by atoms with Gasteiger partial charge >= 0.3 is 0 Å². The number of hydrogen-bond donors (Lipinski definition) is 3. The molecule has 0 radical (unpaired) electrons. The van der Waals surface area contributed by atoms with Crippen LogP contribution in [0.4, 0.5) is 0 Å². The largest absolute Gasteiger partial charge is 0.369 e. The summed E-state index contributed by atoms with van der Waals surface area (Å²) >= 11 is 0. The van der Waals surface area contributed by atoms with Crippen molar-refractivity contribution in [3.8, 4) is 0 Å². The second kappa shape index (κ2) is 3.64. The molecular formula is C9H17N3O. The summed E-state index contributed by atoms with van der Waals surface area (Å²) in [6.45, 7) is 1.71. The maximum Gasteiger partial charge on any atom is 0.223 e. The summed E-state index contributed by atoms with van der Waals surface area (Å²) in [5.74, 6) is -0.196. The number of primary amides is 1. The van der Waals surface area contributed by atoms with Gasteiger partial charge < -0.3 is 16.4 Å². The zero-order valence-corrected chi connectivity index (χ0v) is 7.75.